The number of aromatic nitrogens is 2. The second-order valence-electron chi connectivity index (χ2n) is 8.36. The van der Waals surface area contributed by atoms with Gasteiger partial charge in [0.2, 0.25) is 5.95 Å². The third kappa shape index (κ3) is 3.96. The van der Waals surface area contributed by atoms with E-state index >= 15 is 0 Å². The maximum atomic E-state index is 11.8. The van der Waals surface area contributed by atoms with Crippen LogP contribution in [0.3, 0.4) is 0 Å². The van der Waals surface area contributed by atoms with E-state index in [1.165, 1.54) is 17.3 Å². The number of halogens is 1. The molecule has 3 aromatic rings. The highest BCUT2D eigenvalue weighted by Gasteiger charge is 2.35. The van der Waals surface area contributed by atoms with Crippen molar-refractivity contribution in [2.24, 2.45) is 0 Å². The predicted molar refractivity (Wildman–Crippen MR) is 127 cm³/mol. The average molecular weight is 466 g/mol. The van der Waals surface area contributed by atoms with Gasteiger partial charge in [-0.2, -0.15) is 4.98 Å². The molecule has 0 saturated heterocycles. The number of ether oxygens (including phenoxy) is 1. The molecule has 0 fully saturated rings. The van der Waals surface area contributed by atoms with E-state index in [2.05, 4.69) is 39.4 Å². The molecule has 9 heteroatoms. The number of aliphatic carboxylic acids is 1. The molecule has 170 valence electrons. The average Bonchev–Trinajstić information content (AvgIpc) is 3.20. The number of methoxy groups -OCH3 is 1. The molecule has 3 heterocycles. The van der Waals surface area contributed by atoms with Crippen molar-refractivity contribution < 1.29 is 14.6 Å². The quantitative estimate of drug-likeness (QED) is 0.579. The van der Waals surface area contributed by atoms with Crippen molar-refractivity contribution in [2.75, 3.05) is 37.5 Å². The third-order valence-electron chi connectivity index (χ3n) is 6.22. The summed E-state index contributed by atoms with van der Waals surface area (Å²) in [6.45, 7) is 2.13. The van der Waals surface area contributed by atoms with Gasteiger partial charge in [0.15, 0.2) is 5.82 Å². The first kappa shape index (κ1) is 21.5. The Kier molecular flexibility index (Phi) is 5.55. The van der Waals surface area contributed by atoms with Crippen molar-refractivity contribution in [1.29, 1.82) is 0 Å². The van der Waals surface area contributed by atoms with Crippen molar-refractivity contribution in [2.45, 2.75) is 18.9 Å². The monoisotopic (exact) mass is 465 g/mol. The number of hydrogen-bond donors (Lipinski definition) is 2. The molecule has 0 bridgehead atoms. The van der Waals surface area contributed by atoms with Crippen LogP contribution in [-0.4, -0.2) is 53.2 Å². The second kappa shape index (κ2) is 8.53. The Balaban J connectivity index is 1.50. The summed E-state index contributed by atoms with van der Waals surface area (Å²) in [6.07, 6.45) is 2.50. The Bertz CT molecular complexity index is 1230. The van der Waals surface area contributed by atoms with Crippen LogP contribution in [0.5, 0.6) is 5.75 Å². The van der Waals surface area contributed by atoms with Crippen LogP contribution in [-0.2, 0) is 17.8 Å². The smallest absolute Gasteiger partial charge is 0.312 e. The second-order valence-corrected chi connectivity index (χ2v) is 8.77. The summed E-state index contributed by atoms with van der Waals surface area (Å²) in [5.74, 6) is 0.00423. The number of anilines is 4. The lowest BCUT2D eigenvalue weighted by molar-refractivity contribution is -0.138. The zero-order chi connectivity index (χ0) is 23.1. The topological polar surface area (TPSA) is 90.8 Å². The minimum Gasteiger partial charge on any atom is -0.495 e. The van der Waals surface area contributed by atoms with E-state index in [0.717, 1.165) is 42.2 Å². The summed E-state index contributed by atoms with van der Waals surface area (Å²) >= 11 is 6.47. The van der Waals surface area contributed by atoms with Crippen LogP contribution in [0, 0.1) is 0 Å². The minimum atomic E-state index is -0.878. The van der Waals surface area contributed by atoms with Gasteiger partial charge >= 0.3 is 5.97 Å². The van der Waals surface area contributed by atoms with Crippen molar-refractivity contribution in [3.8, 4) is 5.75 Å². The van der Waals surface area contributed by atoms with E-state index in [1.54, 1.807) is 7.11 Å². The Morgan fingerprint density at radius 2 is 2.09 bits per heavy atom. The van der Waals surface area contributed by atoms with Gasteiger partial charge in [0.25, 0.3) is 0 Å². The minimum absolute atomic E-state index is 0.249. The molecule has 2 aliphatic rings. The molecule has 0 amide bonds. The molecule has 0 spiro atoms. The number of nitrogens with zero attached hydrogens (tertiary/aromatic N) is 4. The first-order valence-corrected chi connectivity index (χ1v) is 11.1. The first-order valence-electron chi connectivity index (χ1n) is 10.7. The van der Waals surface area contributed by atoms with Crippen LogP contribution in [0.25, 0.3) is 0 Å². The molecule has 0 radical (unpaired) electrons. The standard InChI is InChI=1S/C24H24ClN5O3/c1-29-8-7-14-10-21(33-2)19(9-15(14)12-29)27-24-26-11-18(25)22(28-24)30-13-17(23(31)32)16-5-3-4-6-20(16)30/h3-6,9-11,17H,7-8,12-13H2,1-2H3,(H,31,32)(H,26,27,28)/t17-/m1/s1. The van der Waals surface area contributed by atoms with E-state index in [0.29, 0.717) is 16.8 Å². The maximum Gasteiger partial charge on any atom is 0.312 e. The molecular weight excluding hydrogens is 442 g/mol. The van der Waals surface area contributed by atoms with Gasteiger partial charge in [-0.3, -0.25) is 4.79 Å². The van der Waals surface area contributed by atoms with E-state index in [1.807, 2.05) is 29.2 Å². The van der Waals surface area contributed by atoms with Crippen molar-refractivity contribution >= 4 is 40.7 Å². The molecule has 0 aliphatic carbocycles. The highest BCUT2D eigenvalue weighted by molar-refractivity contribution is 6.33. The molecular formula is C24H24ClN5O3. The van der Waals surface area contributed by atoms with Gasteiger partial charge < -0.3 is 25.0 Å². The van der Waals surface area contributed by atoms with Gasteiger partial charge in [-0.15, -0.1) is 0 Å². The highest BCUT2D eigenvalue weighted by Crippen LogP contribution is 2.42. The van der Waals surface area contributed by atoms with Gasteiger partial charge in [0.05, 0.1) is 19.0 Å². The number of carboxylic acid groups (broad SMARTS) is 1. The van der Waals surface area contributed by atoms with Gasteiger partial charge in [-0.25, -0.2) is 4.98 Å². The lowest BCUT2D eigenvalue weighted by Gasteiger charge is -2.26. The fraction of sp³-hybridized carbons (Fsp3) is 0.292. The largest absolute Gasteiger partial charge is 0.495 e. The number of benzene rings is 2. The highest BCUT2D eigenvalue weighted by atomic mass is 35.5. The Hall–Kier alpha value is -3.36. The Morgan fingerprint density at radius 3 is 2.88 bits per heavy atom. The van der Waals surface area contributed by atoms with Crippen molar-refractivity contribution in [3.63, 3.8) is 0 Å². The van der Waals surface area contributed by atoms with Crippen LogP contribution in [0.2, 0.25) is 5.02 Å². The summed E-state index contributed by atoms with van der Waals surface area (Å²) in [7, 11) is 3.75. The number of para-hydroxylation sites is 1. The fourth-order valence-corrected chi connectivity index (χ4v) is 4.73. The Labute approximate surface area is 196 Å². The fourth-order valence-electron chi connectivity index (χ4n) is 4.54. The molecule has 1 atom stereocenters. The lowest BCUT2D eigenvalue weighted by Crippen LogP contribution is -2.26. The molecule has 1 aromatic heterocycles. The van der Waals surface area contributed by atoms with Gasteiger partial charge in [-0.05, 0) is 48.4 Å². The van der Waals surface area contributed by atoms with Gasteiger partial charge in [0.1, 0.15) is 16.7 Å². The number of rotatable bonds is 5. The summed E-state index contributed by atoms with van der Waals surface area (Å²) in [4.78, 5) is 24.9. The van der Waals surface area contributed by atoms with Crippen LogP contribution in [0.15, 0.2) is 42.6 Å². The summed E-state index contributed by atoms with van der Waals surface area (Å²) in [6, 6.07) is 11.6. The number of hydrogen-bond acceptors (Lipinski definition) is 7. The van der Waals surface area contributed by atoms with Gasteiger partial charge in [0, 0.05) is 25.3 Å². The zero-order valence-electron chi connectivity index (χ0n) is 18.4. The number of fused-ring (bicyclic) bond motifs is 2. The van der Waals surface area contributed by atoms with E-state index < -0.39 is 11.9 Å². The van der Waals surface area contributed by atoms with Crippen molar-refractivity contribution in [3.05, 3.63) is 64.3 Å². The van der Waals surface area contributed by atoms with E-state index in [4.69, 9.17) is 16.3 Å². The Morgan fingerprint density at radius 1 is 1.27 bits per heavy atom. The van der Waals surface area contributed by atoms with Crippen molar-refractivity contribution in [1.82, 2.24) is 14.9 Å². The first-order chi connectivity index (χ1) is 15.9. The van der Waals surface area contributed by atoms with E-state index in [-0.39, 0.29) is 6.54 Å². The summed E-state index contributed by atoms with van der Waals surface area (Å²) in [5.41, 5.74) is 4.81. The molecule has 0 saturated carbocycles. The molecule has 2 N–H and O–H groups in total. The van der Waals surface area contributed by atoms with Crippen LogP contribution in [0.4, 0.5) is 23.1 Å². The summed E-state index contributed by atoms with van der Waals surface area (Å²) in [5, 5.41) is 13.3. The normalized spacial score (nSPS) is 17.4. The lowest BCUT2D eigenvalue weighted by atomic mass is 9.99. The number of nitrogens with one attached hydrogen (secondary N) is 1. The summed E-state index contributed by atoms with van der Waals surface area (Å²) < 4.78 is 5.62. The molecule has 2 aliphatic heterocycles. The zero-order valence-corrected chi connectivity index (χ0v) is 19.1. The predicted octanol–water partition coefficient (Wildman–Crippen LogP) is 4.19. The SMILES string of the molecule is COc1cc2c(cc1Nc1ncc(Cl)c(N3C[C@@H](C(=O)O)c4ccccc43)n1)CN(C)CC2. The van der Waals surface area contributed by atoms with Crippen LogP contribution < -0.4 is 15.0 Å². The number of carbonyl (C=O) groups is 1. The molecule has 33 heavy (non-hydrogen) atoms. The molecule has 2 aromatic carbocycles. The number of likely N-dealkylation sites (N-methyl/N-ethyl adjacent to an activating group) is 1. The molecule has 8 nitrogen and oxygen atoms in total. The van der Waals surface area contributed by atoms with Crippen LogP contribution >= 0.6 is 11.6 Å². The number of carboxylic acids is 1. The third-order valence-corrected chi connectivity index (χ3v) is 6.49. The van der Waals surface area contributed by atoms with Gasteiger partial charge in [-0.1, -0.05) is 29.8 Å². The molecule has 0 unspecified atom stereocenters. The van der Waals surface area contributed by atoms with Crippen LogP contribution in [0.1, 0.15) is 22.6 Å². The molecule has 5 rings (SSSR count). The van der Waals surface area contributed by atoms with E-state index in [9.17, 15) is 9.90 Å². The maximum absolute atomic E-state index is 11.8.